The van der Waals surface area contributed by atoms with Gasteiger partial charge in [0, 0.05) is 18.5 Å². The maximum atomic E-state index is 12.3. The SMILES string of the molecule is C=CC(=O)N(C)CC(=O)N1CCc2sccc2C1C. The highest BCUT2D eigenvalue weighted by Gasteiger charge is 2.28. The molecule has 0 aromatic carbocycles. The molecule has 0 bridgehead atoms. The fourth-order valence-corrected chi connectivity index (χ4v) is 3.34. The van der Waals surface area contributed by atoms with E-state index >= 15 is 0 Å². The van der Waals surface area contributed by atoms with E-state index in [4.69, 9.17) is 0 Å². The molecule has 1 unspecified atom stereocenters. The predicted molar refractivity (Wildman–Crippen MR) is 76.0 cm³/mol. The molecule has 0 radical (unpaired) electrons. The minimum atomic E-state index is -0.228. The Bertz CT molecular complexity index is 509. The van der Waals surface area contributed by atoms with Crippen LogP contribution in [0.1, 0.15) is 23.4 Å². The molecule has 4 nitrogen and oxygen atoms in total. The number of thiophene rings is 1. The van der Waals surface area contributed by atoms with Gasteiger partial charge < -0.3 is 9.80 Å². The van der Waals surface area contributed by atoms with Gasteiger partial charge >= 0.3 is 0 Å². The summed E-state index contributed by atoms with van der Waals surface area (Å²) < 4.78 is 0. The van der Waals surface area contributed by atoms with E-state index in [-0.39, 0.29) is 24.4 Å². The van der Waals surface area contributed by atoms with Crippen molar-refractivity contribution in [3.05, 3.63) is 34.5 Å². The minimum absolute atomic E-state index is 0.0120. The van der Waals surface area contributed by atoms with Crippen LogP contribution in [0.3, 0.4) is 0 Å². The largest absolute Gasteiger partial charge is 0.334 e. The standard InChI is InChI=1S/C14H18N2O2S/c1-4-13(17)15(3)9-14(18)16-7-5-12-11(10(16)2)6-8-19-12/h4,6,8,10H,1,5,7,9H2,2-3H3. The van der Waals surface area contributed by atoms with E-state index in [1.54, 1.807) is 18.4 Å². The van der Waals surface area contributed by atoms with Crippen molar-refractivity contribution in [2.24, 2.45) is 0 Å². The fourth-order valence-electron chi connectivity index (χ4n) is 2.38. The second kappa shape index (κ2) is 5.57. The van der Waals surface area contributed by atoms with Crippen LogP contribution in [0.5, 0.6) is 0 Å². The number of carbonyl (C=O) groups is 2. The molecule has 0 saturated heterocycles. The van der Waals surface area contributed by atoms with Gasteiger partial charge in [-0.2, -0.15) is 0 Å². The summed E-state index contributed by atoms with van der Waals surface area (Å²) in [5.74, 6) is -0.240. The number of hydrogen-bond donors (Lipinski definition) is 0. The molecule has 1 aliphatic heterocycles. The zero-order chi connectivity index (χ0) is 14.0. The number of likely N-dealkylation sites (N-methyl/N-ethyl adjacent to an activating group) is 1. The van der Waals surface area contributed by atoms with E-state index < -0.39 is 0 Å². The highest BCUT2D eigenvalue weighted by atomic mass is 32.1. The number of amides is 2. The molecule has 5 heteroatoms. The Morgan fingerprint density at radius 2 is 2.37 bits per heavy atom. The average Bonchev–Trinajstić information content (AvgIpc) is 2.87. The Hall–Kier alpha value is -1.62. The van der Waals surface area contributed by atoms with Crippen LogP contribution >= 0.6 is 11.3 Å². The Morgan fingerprint density at radius 3 is 3.05 bits per heavy atom. The number of carbonyl (C=O) groups excluding carboxylic acids is 2. The van der Waals surface area contributed by atoms with Gasteiger partial charge in [-0.05, 0) is 36.4 Å². The monoisotopic (exact) mass is 278 g/mol. The lowest BCUT2D eigenvalue weighted by atomic mass is 10.0. The van der Waals surface area contributed by atoms with Crippen LogP contribution in [-0.4, -0.2) is 41.8 Å². The quantitative estimate of drug-likeness (QED) is 0.792. The fraction of sp³-hybridized carbons (Fsp3) is 0.429. The van der Waals surface area contributed by atoms with Gasteiger partial charge in [-0.25, -0.2) is 0 Å². The molecule has 1 aliphatic rings. The number of hydrogen-bond acceptors (Lipinski definition) is 3. The maximum absolute atomic E-state index is 12.3. The van der Waals surface area contributed by atoms with Crippen LogP contribution in [0.25, 0.3) is 0 Å². The van der Waals surface area contributed by atoms with Crippen molar-refractivity contribution < 1.29 is 9.59 Å². The van der Waals surface area contributed by atoms with Crippen LogP contribution in [0, 0.1) is 0 Å². The summed E-state index contributed by atoms with van der Waals surface area (Å²) >= 11 is 1.75. The average molecular weight is 278 g/mol. The summed E-state index contributed by atoms with van der Waals surface area (Å²) in [5, 5.41) is 2.07. The molecule has 2 heterocycles. The molecular weight excluding hydrogens is 260 g/mol. The normalized spacial score (nSPS) is 17.8. The van der Waals surface area contributed by atoms with Crippen molar-refractivity contribution in [1.29, 1.82) is 0 Å². The van der Waals surface area contributed by atoms with Crippen LogP contribution in [0.2, 0.25) is 0 Å². The van der Waals surface area contributed by atoms with Crippen molar-refractivity contribution >= 4 is 23.2 Å². The lowest BCUT2D eigenvalue weighted by molar-refractivity contribution is -0.139. The number of nitrogens with zero attached hydrogens (tertiary/aromatic N) is 2. The van der Waals surface area contributed by atoms with Crippen molar-refractivity contribution in [1.82, 2.24) is 9.80 Å². The second-order valence-electron chi connectivity index (χ2n) is 4.71. The van der Waals surface area contributed by atoms with E-state index in [0.29, 0.717) is 0 Å². The number of fused-ring (bicyclic) bond motifs is 1. The Kier molecular flexibility index (Phi) is 4.04. The first kappa shape index (κ1) is 13.8. The summed E-state index contributed by atoms with van der Waals surface area (Å²) in [6.45, 7) is 6.30. The first-order chi connectivity index (χ1) is 9.04. The molecule has 1 aromatic rings. The summed E-state index contributed by atoms with van der Waals surface area (Å²) in [7, 11) is 1.62. The Labute approximate surface area is 117 Å². The van der Waals surface area contributed by atoms with E-state index in [2.05, 4.69) is 18.0 Å². The first-order valence-corrected chi connectivity index (χ1v) is 7.15. The van der Waals surface area contributed by atoms with Gasteiger partial charge in [0.05, 0.1) is 12.6 Å². The topological polar surface area (TPSA) is 40.6 Å². The summed E-state index contributed by atoms with van der Waals surface area (Å²) in [6.07, 6.45) is 2.13. The van der Waals surface area contributed by atoms with Crippen LogP contribution < -0.4 is 0 Å². The summed E-state index contributed by atoms with van der Waals surface area (Å²) in [5.41, 5.74) is 1.24. The molecule has 0 aliphatic carbocycles. The molecule has 1 aromatic heterocycles. The van der Waals surface area contributed by atoms with Crippen molar-refractivity contribution in [3.63, 3.8) is 0 Å². The highest BCUT2D eigenvalue weighted by molar-refractivity contribution is 7.10. The van der Waals surface area contributed by atoms with E-state index in [9.17, 15) is 9.59 Å². The molecule has 0 saturated carbocycles. The maximum Gasteiger partial charge on any atom is 0.246 e. The zero-order valence-corrected chi connectivity index (χ0v) is 12.1. The Balaban J connectivity index is 2.05. The van der Waals surface area contributed by atoms with Gasteiger partial charge in [-0.3, -0.25) is 9.59 Å². The van der Waals surface area contributed by atoms with Gasteiger partial charge in [-0.15, -0.1) is 11.3 Å². The molecule has 19 heavy (non-hydrogen) atoms. The lowest BCUT2D eigenvalue weighted by Gasteiger charge is -2.34. The Morgan fingerprint density at radius 1 is 1.63 bits per heavy atom. The summed E-state index contributed by atoms with van der Waals surface area (Å²) in [6, 6.07) is 2.18. The minimum Gasteiger partial charge on any atom is -0.334 e. The van der Waals surface area contributed by atoms with E-state index in [1.165, 1.54) is 21.4 Å². The van der Waals surface area contributed by atoms with Gasteiger partial charge in [0.1, 0.15) is 0 Å². The molecule has 2 rings (SSSR count). The summed E-state index contributed by atoms with van der Waals surface area (Å²) in [4.78, 5) is 28.3. The third-order valence-corrected chi connectivity index (χ3v) is 4.52. The number of rotatable bonds is 3. The van der Waals surface area contributed by atoms with E-state index in [1.807, 2.05) is 11.8 Å². The molecule has 2 amide bonds. The van der Waals surface area contributed by atoms with Gasteiger partial charge in [-0.1, -0.05) is 6.58 Å². The third-order valence-electron chi connectivity index (χ3n) is 3.52. The van der Waals surface area contributed by atoms with Gasteiger partial charge in [0.15, 0.2) is 0 Å². The molecule has 102 valence electrons. The highest BCUT2D eigenvalue weighted by Crippen LogP contribution is 2.32. The van der Waals surface area contributed by atoms with Gasteiger partial charge in [0.25, 0.3) is 0 Å². The van der Waals surface area contributed by atoms with Crippen LogP contribution in [-0.2, 0) is 16.0 Å². The van der Waals surface area contributed by atoms with E-state index in [0.717, 1.165) is 13.0 Å². The first-order valence-electron chi connectivity index (χ1n) is 6.28. The van der Waals surface area contributed by atoms with Crippen LogP contribution in [0.4, 0.5) is 0 Å². The van der Waals surface area contributed by atoms with Crippen molar-refractivity contribution in [2.45, 2.75) is 19.4 Å². The molecule has 0 N–H and O–H groups in total. The zero-order valence-electron chi connectivity index (χ0n) is 11.3. The molecule has 1 atom stereocenters. The smallest absolute Gasteiger partial charge is 0.246 e. The predicted octanol–water partition coefficient (Wildman–Crippen LogP) is 1.84. The van der Waals surface area contributed by atoms with Crippen molar-refractivity contribution in [3.8, 4) is 0 Å². The molecular formula is C14H18N2O2S. The van der Waals surface area contributed by atoms with Gasteiger partial charge in [0.2, 0.25) is 11.8 Å². The molecule has 0 fully saturated rings. The lowest BCUT2D eigenvalue weighted by Crippen LogP contribution is -2.44. The second-order valence-corrected chi connectivity index (χ2v) is 5.71. The third kappa shape index (κ3) is 2.71. The molecule has 0 spiro atoms. The van der Waals surface area contributed by atoms with Crippen LogP contribution in [0.15, 0.2) is 24.1 Å². The van der Waals surface area contributed by atoms with Crippen molar-refractivity contribution in [2.75, 3.05) is 20.1 Å².